The smallest absolute Gasteiger partial charge is 0.205 e. The number of anilines is 1. The molecule has 2 aliphatic rings. The van der Waals surface area contributed by atoms with Gasteiger partial charge in [0.1, 0.15) is 10.3 Å². The summed E-state index contributed by atoms with van der Waals surface area (Å²) < 4.78 is 2.04. The molecule has 4 rings (SSSR count). The van der Waals surface area contributed by atoms with Crippen LogP contribution in [0.4, 0.5) is 5.95 Å². The molecule has 5 heteroatoms. The lowest BCUT2D eigenvalue weighted by atomic mass is 9.97. The Morgan fingerprint density at radius 2 is 2.11 bits per heavy atom. The van der Waals surface area contributed by atoms with Crippen molar-refractivity contribution < 1.29 is 0 Å². The highest BCUT2D eigenvalue weighted by atomic mass is 32.1. The first kappa shape index (κ1) is 10.6. The van der Waals surface area contributed by atoms with Gasteiger partial charge in [-0.05, 0) is 37.7 Å². The average molecular weight is 260 g/mol. The number of aryl methyl sites for hydroxylation is 2. The molecule has 2 aromatic rings. The van der Waals surface area contributed by atoms with Crippen LogP contribution in [0.15, 0.2) is 0 Å². The Bertz CT molecular complexity index is 682. The lowest BCUT2D eigenvalue weighted by Gasteiger charge is -2.20. The summed E-state index contributed by atoms with van der Waals surface area (Å²) in [5.41, 5.74) is 2.08. The molecule has 18 heavy (non-hydrogen) atoms. The fourth-order valence-corrected chi connectivity index (χ4v) is 4.32. The quantitative estimate of drug-likeness (QED) is 0.763. The number of hydrogen-bond acceptors (Lipinski definition) is 4. The summed E-state index contributed by atoms with van der Waals surface area (Å²) in [6.07, 6.45) is 5.95. The standard InChI is InChI=1S/C13H16N4S/c14-11-10-8-4-1-2-5-9(8)18-12(10)16-13-15-6-3-7-17(11)13/h14H,1-7H2,(H,15,16). The van der Waals surface area contributed by atoms with E-state index in [-0.39, 0.29) is 0 Å². The second-order valence-corrected chi connectivity index (χ2v) is 6.19. The highest BCUT2D eigenvalue weighted by molar-refractivity contribution is 7.18. The van der Waals surface area contributed by atoms with Crippen LogP contribution in [0.2, 0.25) is 0 Å². The molecule has 2 N–H and O–H groups in total. The lowest BCUT2D eigenvalue weighted by Crippen LogP contribution is -2.30. The van der Waals surface area contributed by atoms with E-state index in [1.54, 1.807) is 11.3 Å². The highest BCUT2D eigenvalue weighted by Crippen LogP contribution is 2.34. The second-order valence-electron chi connectivity index (χ2n) is 5.11. The van der Waals surface area contributed by atoms with Crippen molar-refractivity contribution in [1.82, 2.24) is 9.55 Å². The first-order valence-electron chi connectivity index (χ1n) is 6.68. The summed E-state index contributed by atoms with van der Waals surface area (Å²) in [4.78, 5) is 7.27. The van der Waals surface area contributed by atoms with Gasteiger partial charge in [0.05, 0.1) is 5.39 Å². The Balaban J connectivity index is 2.07. The molecular formula is C13H16N4S. The summed E-state index contributed by atoms with van der Waals surface area (Å²) in [6, 6.07) is 0. The Morgan fingerprint density at radius 3 is 3.06 bits per heavy atom. The molecule has 2 aromatic heterocycles. The lowest BCUT2D eigenvalue weighted by molar-refractivity contribution is 0.590. The Morgan fingerprint density at radius 1 is 1.22 bits per heavy atom. The molecule has 4 nitrogen and oxygen atoms in total. The van der Waals surface area contributed by atoms with E-state index in [0.29, 0.717) is 5.49 Å². The maximum Gasteiger partial charge on any atom is 0.205 e. The van der Waals surface area contributed by atoms with Gasteiger partial charge in [-0.25, -0.2) is 4.98 Å². The van der Waals surface area contributed by atoms with Crippen LogP contribution in [0, 0.1) is 5.41 Å². The summed E-state index contributed by atoms with van der Waals surface area (Å²) in [5.74, 6) is 0.886. The number of thiophene rings is 1. The third-order valence-electron chi connectivity index (χ3n) is 3.96. The molecule has 0 saturated heterocycles. The third kappa shape index (κ3) is 1.37. The van der Waals surface area contributed by atoms with Crippen molar-refractivity contribution in [3.8, 4) is 0 Å². The maximum absolute atomic E-state index is 8.46. The van der Waals surface area contributed by atoms with Crippen LogP contribution in [0.3, 0.4) is 0 Å². The Hall–Kier alpha value is -1.36. The molecule has 0 saturated carbocycles. The molecule has 0 radical (unpaired) electrons. The van der Waals surface area contributed by atoms with Gasteiger partial charge < -0.3 is 5.32 Å². The van der Waals surface area contributed by atoms with Crippen LogP contribution in [-0.2, 0) is 19.4 Å². The number of hydrogen-bond donors (Lipinski definition) is 2. The second kappa shape index (κ2) is 3.82. The van der Waals surface area contributed by atoms with Gasteiger partial charge in [-0.15, -0.1) is 11.3 Å². The first-order valence-corrected chi connectivity index (χ1v) is 7.50. The van der Waals surface area contributed by atoms with Gasteiger partial charge in [0.15, 0.2) is 0 Å². The zero-order valence-electron chi connectivity index (χ0n) is 10.3. The number of nitrogens with one attached hydrogen (secondary N) is 2. The predicted molar refractivity (Wildman–Crippen MR) is 73.2 cm³/mol. The molecule has 0 spiro atoms. The fourth-order valence-electron chi connectivity index (χ4n) is 3.06. The molecule has 1 aliphatic heterocycles. The van der Waals surface area contributed by atoms with Crippen LogP contribution in [0.1, 0.15) is 29.7 Å². The Labute approximate surface area is 109 Å². The van der Waals surface area contributed by atoms with Crippen LogP contribution in [-0.4, -0.2) is 16.1 Å². The fraction of sp³-hybridized carbons (Fsp3) is 0.538. The number of fused-ring (bicyclic) bond motifs is 4. The Kier molecular flexibility index (Phi) is 2.24. The third-order valence-corrected chi connectivity index (χ3v) is 5.15. The monoisotopic (exact) mass is 260 g/mol. The van der Waals surface area contributed by atoms with Crippen LogP contribution < -0.4 is 10.8 Å². The van der Waals surface area contributed by atoms with Crippen molar-refractivity contribution in [2.45, 2.75) is 38.6 Å². The molecule has 0 fully saturated rings. The molecule has 1 aliphatic carbocycles. The maximum atomic E-state index is 8.46. The molecule has 94 valence electrons. The number of nitrogens with zero attached hydrogens (tertiary/aromatic N) is 2. The summed E-state index contributed by atoms with van der Waals surface area (Å²) in [5, 5.41) is 12.9. The molecular weight excluding hydrogens is 244 g/mol. The summed E-state index contributed by atoms with van der Waals surface area (Å²) >= 11 is 1.80. The van der Waals surface area contributed by atoms with Gasteiger partial charge >= 0.3 is 0 Å². The van der Waals surface area contributed by atoms with E-state index in [2.05, 4.69) is 5.32 Å². The molecule has 0 aromatic carbocycles. The first-order chi connectivity index (χ1) is 8.84. The van der Waals surface area contributed by atoms with E-state index < -0.39 is 0 Å². The molecule has 0 unspecified atom stereocenters. The van der Waals surface area contributed by atoms with E-state index in [1.165, 1.54) is 29.7 Å². The van der Waals surface area contributed by atoms with Crippen LogP contribution in [0.5, 0.6) is 0 Å². The van der Waals surface area contributed by atoms with Gasteiger partial charge in [0.25, 0.3) is 0 Å². The molecule has 0 atom stereocenters. The van der Waals surface area contributed by atoms with Crippen molar-refractivity contribution in [3.63, 3.8) is 0 Å². The van der Waals surface area contributed by atoms with Gasteiger partial charge in [-0.1, -0.05) is 0 Å². The minimum Gasteiger partial charge on any atom is -0.355 e. The minimum atomic E-state index is 0.668. The predicted octanol–water partition coefficient (Wildman–Crippen LogP) is 2.27. The van der Waals surface area contributed by atoms with Gasteiger partial charge in [-0.2, -0.15) is 0 Å². The summed E-state index contributed by atoms with van der Waals surface area (Å²) in [6.45, 7) is 1.90. The van der Waals surface area contributed by atoms with Crippen molar-refractivity contribution in [1.29, 1.82) is 5.41 Å². The zero-order valence-corrected chi connectivity index (χ0v) is 11.1. The van der Waals surface area contributed by atoms with E-state index in [1.807, 2.05) is 4.57 Å². The zero-order chi connectivity index (χ0) is 12.1. The topological polar surface area (TPSA) is 53.7 Å². The SMILES string of the molecule is N=c1c2c3c(sc2nc2n1CCCN2)CCCC3. The van der Waals surface area contributed by atoms with E-state index >= 15 is 0 Å². The normalized spacial score (nSPS) is 18.2. The van der Waals surface area contributed by atoms with Crippen molar-refractivity contribution in [2.75, 3.05) is 11.9 Å². The molecule has 0 amide bonds. The van der Waals surface area contributed by atoms with Crippen molar-refractivity contribution in [3.05, 3.63) is 15.9 Å². The van der Waals surface area contributed by atoms with Crippen LogP contribution >= 0.6 is 11.3 Å². The van der Waals surface area contributed by atoms with Gasteiger partial charge in [0.2, 0.25) is 5.95 Å². The molecule has 3 heterocycles. The van der Waals surface area contributed by atoms with Crippen molar-refractivity contribution in [2.24, 2.45) is 0 Å². The van der Waals surface area contributed by atoms with Crippen molar-refractivity contribution >= 4 is 27.5 Å². The van der Waals surface area contributed by atoms with Gasteiger partial charge in [0, 0.05) is 18.0 Å². The number of rotatable bonds is 0. The highest BCUT2D eigenvalue weighted by Gasteiger charge is 2.21. The molecule has 0 bridgehead atoms. The van der Waals surface area contributed by atoms with Gasteiger partial charge in [-0.3, -0.25) is 9.98 Å². The summed E-state index contributed by atoms with van der Waals surface area (Å²) in [7, 11) is 0. The minimum absolute atomic E-state index is 0.668. The van der Waals surface area contributed by atoms with E-state index in [0.717, 1.165) is 42.1 Å². The largest absolute Gasteiger partial charge is 0.355 e. The van der Waals surface area contributed by atoms with E-state index in [4.69, 9.17) is 10.4 Å². The number of aromatic nitrogens is 2. The average Bonchev–Trinajstić information content (AvgIpc) is 2.77. The van der Waals surface area contributed by atoms with Crippen LogP contribution in [0.25, 0.3) is 10.2 Å². The van der Waals surface area contributed by atoms with E-state index in [9.17, 15) is 0 Å².